The monoisotopic (exact) mass is 276 g/mol. The molecule has 2 unspecified atom stereocenters. The van der Waals surface area contributed by atoms with Crippen LogP contribution >= 0.6 is 0 Å². The quantitative estimate of drug-likeness (QED) is 0.918. The maximum atomic E-state index is 5.95. The molecule has 112 valence electrons. The Kier molecular flexibility index (Phi) is 4.97. The normalized spacial score (nSPS) is 23.1. The fourth-order valence-corrected chi connectivity index (χ4v) is 3.15. The molecule has 2 rings (SSSR count). The van der Waals surface area contributed by atoms with Gasteiger partial charge in [0.15, 0.2) is 0 Å². The highest BCUT2D eigenvalue weighted by atomic mass is 15.3. The van der Waals surface area contributed by atoms with Crippen molar-refractivity contribution < 1.29 is 0 Å². The first-order valence-corrected chi connectivity index (χ1v) is 7.81. The number of nitrogens with two attached hydrogens (primary N) is 1. The molecule has 1 aliphatic carbocycles. The van der Waals surface area contributed by atoms with E-state index >= 15 is 0 Å². The van der Waals surface area contributed by atoms with Crippen LogP contribution in [0.3, 0.4) is 0 Å². The molecule has 0 radical (unpaired) electrons. The lowest BCUT2D eigenvalue weighted by atomic mass is 9.84. The van der Waals surface area contributed by atoms with Crippen LogP contribution in [0.5, 0.6) is 0 Å². The fourth-order valence-electron chi connectivity index (χ4n) is 3.15. The van der Waals surface area contributed by atoms with E-state index in [1.807, 2.05) is 6.92 Å². The molecule has 1 fully saturated rings. The lowest BCUT2D eigenvalue weighted by Crippen LogP contribution is -2.44. The zero-order chi connectivity index (χ0) is 14.7. The van der Waals surface area contributed by atoms with Crippen LogP contribution in [-0.2, 0) is 0 Å². The standard InChI is InChI=1S/C16H28N4/c1-11(2)14-9-12(3)18-16(19-14)20(4)15-8-6-5-7-13(15)10-17/h9,11,13,15H,5-8,10,17H2,1-4H3. The molecule has 0 aliphatic heterocycles. The van der Waals surface area contributed by atoms with Crippen molar-refractivity contribution in [3.63, 3.8) is 0 Å². The van der Waals surface area contributed by atoms with Crippen LogP contribution < -0.4 is 10.6 Å². The third kappa shape index (κ3) is 3.29. The van der Waals surface area contributed by atoms with Crippen LogP contribution in [0.4, 0.5) is 5.95 Å². The van der Waals surface area contributed by atoms with E-state index in [4.69, 9.17) is 10.7 Å². The number of hydrogen-bond donors (Lipinski definition) is 1. The van der Waals surface area contributed by atoms with Crippen LogP contribution in [0, 0.1) is 12.8 Å². The van der Waals surface area contributed by atoms with E-state index in [2.05, 4.69) is 36.8 Å². The minimum absolute atomic E-state index is 0.431. The molecule has 20 heavy (non-hydrogen) atoms. The zero-order valence-corrected chi connectivity index (χ0v) is 13.3. The number of aryl methyl sites for hydroxylation is 1. The molecule has 1 heterocycles. The summed E-state index contributed by atoms with van der Waals surface area (Å²) in [7, 11) is 2.12. The SMILES string of the molecule is Cc1cc(C(C)C)nc(N(C)C2CCCCC2CN)n1. The Balaban J connectivity index is 2.25. The number of nitrogens with zero attached hydrogens (tertiary/aromatic N) is 3. The van der Waals surface area contributed by atoms with Gasteiger partial charge in [-0.15, -0.1) is 0 Å². The summed E-state index contributed by atoms with van der Waals surface area (Å²) in [6, 6.07) is 2.57. The fraction of sp³-hybridized carbons (Fsp3) is 0.750. The van der Waals surface area contributed by atoms with Gasteiger partial charge < -0.3 is 10.6 Å². The molecule has 2 N–H and O–H groups in total. The second kappa shape index (κ2) is 6.53. The average Bonchev–Trinajstić information content (AvgIpc) is 2.45. The second-order valence-electron chi connectivity index (χ2n) is 6.35. The second-order valence-corrected chi connectivity index (χ2v) is 6.35. The zero-order valence-electron chi connectivity index (χ0n) is 13.3. The molecule has 4 heteroatoms. The van der Waals surface area contributed by atoms with Gasteiger partial charge in [0.1, 0.15) is 0 Å². The summed E-state index contributed by atoms with van der Waals surface area (Å²) in [5.41, 5.74) is 8.12. The Bertz CT molecular complexity index is 444. The Morgan fingerprint density at radius 3 is 2.65 bits per heavy atom. The van der Waals surface area contributed by atoms with Crippen molar-refractivity contribution in [1.29, 1.82) is 0 Å². The molecule has 1 aromatic heterocycles. The van der Waals surface area contributed by atoms with Crippen molar-refractivity contribution in [2.75, 3.05) is 18.5 Å². The van der Waals surface area contributed by atoms with E-state index < -0.39 is 0 Å². The van der Waals surface area contributed by atoms with Crippen molar-refractivity contribution in [3.8, 4) is 0 Å². The first kappa shape index (κ1) is 15.2. The van der Waals surface area contributed by atoms with E-state index in [1.165, 1.54) is 25.7 Å². The molecule has 1 aromatic rings. The predicted octanol–water partition coefficient (Wildman–Crippen LogP) is 2.86. The Labute approximate surface area is 122 Å². The lowest BCUT2D eigenvalue weighted by Gasteiger charge is -2.37. The molecule has 1 aliphatic rings. The van der Waals surface area contributed by atoms with Gasteiger partial charge in [0.05, 0.1) is 0 Å². The van der Waals surface area contributed by atoms with E-state index in [0.29, 0.717) is 17.9 Å². The molecule has 0 bridgehead atoms. The molecule has 0 saturated heterocycles. The summed E-state index contributed by atoms with van der Waals surface area (Å²) in [5, 5.41) is 0. The van der Waals surface area contributed by atoms with Crippen LogP contribution in [0.1, 0.15) is 56.8 Å². The van der Waals surface area contributed by atoms with Crippen LogP contribution in [0.15, 0.2) is 6.07 Å². The van der Waals surface area contributed by atoms with Crippen molar-refractivity contribution in [2.45, 2.75) is 58.4 Å². The van der Waals surface area contributed by atoms with Crippen LogP contribution in [0.25, 0.3) is 0 Å². The molecule has 4 nitrogen and oxygen atoms in total. The van der Waals surface area contributed by atoms with Gasteiger partial charge in [0, 0.05) is 24.5 Å². The van der Waals surface area contributed by atoms with Crippen molar-refractivity contribution >= 4 is 5.95 Å². The van der Waals surface area contributed by atoms with Gasteiger partial charge in [-0.25, -0.2) is 9.97 Å². The highest BCUT2D eigenvalue weighted by Gasteiger charge is 2.28. The van der Waals surface area contributed by atoms with Crippen LogP contribution in [-0.4, -0.2) is 29.6 Å². The topological polar surface area (TPSA) is 55.0 Å². The van der Waals surface area contributed by atoms with E-state index in [-0.39, 0.29) is 0 Å². The summed E-state index contributed by atoms with van der Waals surface area (Å²) < 4.78 is 0. The molecule has 0 aromatic carbocycles. The van der Waals surface area contributed by atoms with E-state index in [1.54, 1.807) is 0 Å². The average molecular weight is 276 g/mol. The van der Waals surface area contributed by atoms with Gasteiger partial charge in [0.25, 0.3) is 0 Å². The molecular weight excluding hydrogens is 248 g/mol. The largest absolute Gasteiger partial charge is 0.341 e. The minimum Gasteiger partial charge on any atom is -0.341 e. The van der Waals surface area contributed by atoms with Gasteiger partial charge in [-0.2, -0.15) is 0 Å². The lowest BCUT2D eigenvalue weighted by molar-refractivity contribution is 0.304. The summed E-state index contributed by atoms with van der Waals surface area (Å²) in [4.78, 5) is 11.6. The van der Waals surface area contributed by atoms with Gasteiger partial charge in [0.2, 0.25) is 5.95 Å². The Morgan fingerprint density at radius 2 is 2.00 bits per heavy atom. The first-order valence-electron chi connectivity index (χ1n) is 7.81. The number of anilines is 1. The van der Waals surface area contributed by atoms with Crippen molar-refractivity contribution in [2.24, 2.45) is 11.7 Å². The Hall–Kier alpha value is -1.16. The predicted molar refractivity (Wildman–Crippen MR) is 84.1 cm³/mol. The maximum Gasteiger partial charge on any atom is 0.225 e. The summed E-state index contributed by atoms with van der Waals surface area (Å²) >= 11 is 0. The summed E-state index contributed by atoms with van der Waals surface area (Å²) in [6.45, 7) is 7.16. The summed E-state index contributed by atoms with van der Waals surface area (Å²) in [6.07, 6.45) is 5.02. The van der Waals surface area contributed by atoms with E-state index in [0.717, 1.165) is 23.9 Å². The third-order valence-electron chi connectivity index (χ3n) is 4.44. The molecule has 0 amide bonds. The van der Waals surface area contributed by atoms with Gasteiger partial charge in [-0.3, -0.25) is 0 Å². The maximum absolute atomic E-state index is 5.95. The minimum atomic E-state index is 0.431. The van der Waals surface area contributed by atoms with Crippen molar-refractivity contribution in [3.05, 3.63) is 17.5 Å². The third-order valence-corrected chi connectivity index (χ3v) is 4.44. The van der Waals surface area contributed by atoms with Crippen LogP contribution in [0.2, 0.25) is 0 Å². The highest BCUT2D eigenvalue weighted by Crippen LogP contribution is 2.29. The van der Waals surface area contributed by atoms with Gasteiger partial charge >= 0.3 is 0 Å². The molecular formula is C16H28N4. The summed E-state index contributed by atoms with van der Waals surface area (Å²) in [5.74, 6) is 1.86. The molecule has 0 spiro atoms. The van der Waals surface area contributed by atoms with Gasteiger partial charge in [-0.05, 0) is 44.2 Å². The first-order chi connectivity index (χ1) is 9.52. The molecule has 2 atom stereocenters. The smallest absolute Gasteiger partial charge is 0.225 e. The van der Waals surface area contributed by atoms with Gasteiger partial charge in [-0.1, -0.05) is 26.7 Å². The highest BCUT2D eigenvalue weighted by molar-refractivity contribution is 5.34. The van der Waals surface area contributed by atoms with E-state index in [9.17, 15) is 0 Å². The Morgan fingerprint density at radius 1 is 1.30 bits per heavy atom. The number of rotatable bonds is 4. The number of hydrogen-bond acceptors (Lipinski definition) is 4. The van der Waals surface area contributed by atoms with Crippen molar-refractivity contribution in [1.82, 2.24) is 9.97 Å². The number of aromatic nitrogens is 2. The molecule has 1 saturated carbocycles.